The van der Waals surface area contributed by atoms with Crippen molar-refractivity contribution in [3.8, 4) is 5.75 Å². The van der Waals surface area contributed by atoms with Crippen molar-refractivity contribution >= 4 is 5.78 Å². The van der Waals surface area contributed by atoms with Crippen molar-refractivity contribution in [2.45, 2.75) is 19.4 Å². The molecule has 1 aromatic rings. The van der Waals surface area contributed by atoms with Gasteiger partial charge in [0.15, 0.2) is 5.78 Å². The third kappa shape index (κ3) is 2.63. The van der Waals surface area contributed by atoms with Crippen LogP contribution in [0.3, 0.4) is 0 Å². The summed E-state index contributed by atoms with van der Waals surface area (Å²) in [6.45, 7) is 0.753. The summed E-state index contributed by atoms with van der Waals surface area (Å²) in [5.74, 6) is 1.08. The van der Waals surface area contributed by atoms with E-state index >= 15 is 0 Å². The fourth-order valence-corrected chi connectivity index (χ4v) is 1.69. The van der Waals surface area contributed by atoms with Crippen molar-refractivity contribution in [3.05, 3.63) is 41.6 Å². The summed E-state index contributed by atoms with van der Waals surface area (Å²) in [5, 5.41) is 3.27. The van der Waals surface area contributed by atoms with E-state index in [4.69, 9.17) is 4.74 Å². The molecule has 0 aromatic heterocycles. The number of allylic oxidation sites excluding steroid dienone is 2. The number of benzene rings is 1. The van der Waals surface area contributed by atoms with Crippen molar-refractivity contribution in [1.82, 2.24) is 5.32 Å². The molecule has 0 spiro atoms. The van der Waals surface area contributed by atoms with Gasteiger partial charge in [-0.25, -0.2) is 0 Å². The van der Waals surface area contributed by atoms with Gasteiger partial charge in [0, 0.05) is 24.7 Å². The third-order valence-electron chi connectivity index (χ3n) is 2.65. The highest BCUT2D eigenvalue weighted by Gasteiger charge is 2.10. The Kier molecular flexibility index (Phi) is 3.25. The largest absolute Gasteiger partial charge is 0.497 e. The van der Waals surface area contributed by atoms with Crippen molar-refractivity contribution in [2.75, 3.05) is 7.11 Å². The fourth-order valence-electron chi connectivity index (χ4n) is 1.69. The normalized spacial score (nSPS) is 14.8. The second kappa shape index (κ2) is 4.84. The van der Waals surface area contributed by atoms with E-state index in [1.807, 2.05) is 24.3 Å². The number of carbonyl (C=O) groups is 1. The second-order valence-corrected chi connectivity index (χ2v) is 3.84. The Balaban J connectivity index is 1.89. The lowest BCUT2D eigenvalue weighted by atomic mass is 10.2. The van der Waals surface area contributed by atoms with E-state index in [0.717, 1.165) is 24.4 Å². The van der Waals surface area contributed by atoms with E-state index in [1.54, 1.807) is 13.2 Å². The molecule has 0 aliphatic heterocycles. The molecule has 0 fully saturated rings. The monoisotopic (exact) mass is 217 g/mol. The van der Waals surface area contributed by atoms with Gasteiger partial charge in [0.25, 0.3) is 0 Å². The zero-order valence-corrected chi connectivity index (χ0v) is 9.32. The lowest BCUT2D eigenvalue weighted by molar-refractivity contribution is -0.114. The first kappa shape index (κ1) is 10.7. The van der Waals surface area contributed by atoms with E-state index < -0.39 is 0 Å². The zero-order valence-electron chi connectivity index (χ0n) is 9.32. The molecule has 3 nitrogen and oxygen atoms in total. The van der Waals surface area contributed by atoms with Crippen molar-refractivity contribution in [1.29, 1.82) is 0 Å². The topological polar surface area (TPSA) is 38.3 Å². The minimum absolute atomic E-state index is 0.220. The van der Waals surface area contributed by atoms with Gasteiger partial charge >= 0.3 is 0 Å². The Morgan fingerprint density at radius 2 is 2.00 bits per heavy atom. The van der Waals surface area contributed by atoms with Gasteiger partial charge in [-0.2, -0.15) is 0 Å². The van der Waals surface area contributed by atoms with Crippen molar-refractivity contribution < 1.29 is 9.53 Å². The van der Waals surface area contributed by atoms with Crippen LogP contribution in [-0.4, -0.2) is 12.9 Å². The second-order valence-electron chi connectivity index (χ2n) is 3.84. The number of hydrogen-bond donors (Lipinski definition) is 1. The Bertz CT molecular complexity index is 406. The van der Waals surface area contributed by atoms with Gasteiger partial charge in [-0.3, -0.25) is 4.79 Å². The number of rotatable bonds is 4. The number of methoxy groups -OCH3 is 1. The summed E-state index contributed by atoms with van der Waals surface area (Å²) in [5.41, 5.74) is 2.22. The molecule has 0 saturated heterocycles. The molecule has 0 heterocycles. The highest BCUT2D eigenvalue weighted by molar-refractivity contribution is 5.92. The quantitative estimate of drug-likeness (QED) is 0.838. The van der Waals surface area contributed by atoms with Crippen LogP contribution in [0.4, 0.5) is 0 Å². The smallest absolute Gasteiger partial charge is 0.157 e. The molecular weight excluding hydrogens is 202 g/mol. The van der Waals surface area contributed by atoms with Crippen LogP contribution < -0.4 is 10.1 Å². The highest BCUT2D eigenvalue weighted by Crippen LogP contribution is 2.14. The average Bonchev–Trinajstić information content (AvgIpc) is 2.73. The zero-order chi connectivity index (χ0) is 11.4. The highest BCUT2D eigenvalue weighted by atomic mass is 16.5. The molecule has 3 heteroatoms. The molecule has 1 aliphatic carbocycles. The number of hydrogen-bond acceptors (Lipinski definition) is 3. The van der Waals surface area contributed by atoms with Gasteiger partial charge in [-0.15, -0.1) is 0 Å². The molecule has 0 unspecified atom stereocenters. The molecule has 16 heavy (non-hydrogen) atoms. The first-order chi connectivity index (χ1) is 7.78. The van der Waals surface area contributed by atoms with Crippen molar-refractivity contribution in [2.24, 2.45) is 0 Å². The average molecular weight is 217 g/mol. The minimum atomic E-state index is 0.220. The molecule has 0 atom stereocenters. The summed E-state index contributed by atoms with van der Waals surface area (Å²) in [6, 6.07) is 7.91. The van der Waals surface area contributed by atoms with Crippen LogP contribution in [0.15, 0.2) is 36.0 Å². The molecule has 0 radical (unpaired) electrons. The number of carbonyl (C=O) groups excluding carboxylic acids is 1. The minimum Gasteiger partial charge on any atom is -0.497 e. The van der Waals surface area contributed by atoms with Crippen LogP contribution >= 0.6 is 0 Å². The Morgan fingerprint density at radius 1 is 1.25 bits per heavy atom. The van der Waals surface area contributed by atoms with Gasteiger partial charge in [-0.1, -0.05) is 12.1 Å². The predicted octanol–water partition coefficient (Wildman–Crippen LogP) is 2.03. The SMILES string of the molecule is COc1ccc(CNC2=CC(=O)CC2)cc1. The lowest BCUT2D eigenvalue weighted by Crippen LogP contribution is -2.10. The molecule has 1 aromatic carbocycles. The molecule has 0 bridgehead atoms. The first-order valence-electron chi connectivity index (χ1n) is 5.38. The van der Waals surface area contributed by atoms with Crippen molar-refractivity contribution in [3.63, 3.8) is 0 Å². The summed E-state index contributed by atoms with van der Waals surface area (Å²) in [4.78, 5) is 11.0. The van der Waals surface area contributed by atoms with E-state index in [1.165, 1.54) is 5.56 Å². The third-order valence-corrected chi connectivity index (χ3v) is 2.65. The van der Waals surface area contributed by atoms with Crippen LogP contribution in [0.2, 0.25) is 0 Å². The Hall–Kier alpha value is -1.77. The maximum Gasteiger partial charge on any atom is 0.157 e. The standard InChI is InChI=1S/C13H15NO2/c1-16-13-6-2-10(3-7-13)9-14-11-4-5-12(15)8-11/h2-3,6-8,14H,4-5,9H2,1H3. The summed E-state index contributed by atoms with van der Waals surface area (Å²) in [6.07, 6.45) is 3.18. The molecular formula is C13H15NO2. The predicted molar refractivity (Wildman–Crippen MR) is 62.2 cm³/mol. The van der Waals surface area contributed by atoms with Gasteiger partial charge in [-0.05, 0) is 24.1 Å². The summed E-state index contributed by atoms with van der Waals surface area (Å²) >= 11 is 0. The summed E-state index contributed by atoms with van der Waals surface area (Å²) < 4.78 is 5.08. The number of ketones is 1. The fraction of sp³-hybridized carbons (Fsp3) is 0.308. The maximum atomic E-state index is 11.0. The molecule has 0 amide bonds. The van der Waals surface area contributed by atoms with Gasteiger partial charge in [0.1, 0.15) is 5.75 Å². The van der Waals surface area contributed by atoms with E-state index in [-0.39, 0.29) is 5.78 Å². The van der Waals surface area contributed by atoms with E-state index in [2.05, 4.69) is 5.32 Å². The Morgan fingerprint density at radius 3 is 2.56 bits per heavy atom. The maximum absolute atomic E-state index is 11.0. The van der Waals surface area contributed by atoms with E-state index in [0.29, 0.717) is 6.42 Å². The Labute approximate surface area is 95.1 Å². The molecule has 1 aliphatic rings. The number of nitrogens with one attached hydrogen (secondary N) is 1. The van der Waals surface area contributed by atoms with Gasteiger partial charge < -0.3 is 10.1 Å². The summed E-state index contributed by atoms with van der Waals surface area (Å²) in [7, 11) is 1.65. The lowest BCUT2D eigenvalue weighted by Gasteiger charge is -2.07. The van der Waals surface area contributed by atoms with Crippen LogP contribution in [0.5, 0.6) is 5.75 Å². The first-order valence-corrected chi connectivity index (χ1v) is 5.38. The molecule has 1 N–H and O–H groups in total. The van der Waals surface area contributed by atoms with Gasteiger partial charge in [0.2, 0.25) is 0 Å². The molecule has 2 rings (SSSR count). The van der Waals surface area contributed by atoms with Crippen LogP contribution in [0, 0.1) is 0 Å². The van der Waals surface area contributed by atoms with Crippen LogP contribution in [0.25, 0.3) is 0 Å². The van der Waals surface area contributed by atoms with Crippen LogP contribution in [-0.2, 0) is 11.3 Å². The van der Waals surface area contributed by atoms with Gasteiger partial charge in [0.05, 0.1) is 7.11 Å². The molecule has 0 saturated carbocycles. The van der Waals surface area contributed by atoms with Crippen LogP contribution in [0.1, 0.15) is 18.4 Å². The number of ether oxygens (including phenoxy) is 1. The molecule has 84 valence electrons. The van der Waals surface area contributed by atoms with E-state index in [9.17, 15) is 4.79 Å².